The highest BCUT2D eigenvalue weighted by Crippen LogP contribution is 2.60. The van der Waals surface area contributed by atoms with Crippen LogP contribution in [0.4, 0.5) is 27.7 Å². The van der Waals surface area contributed by atoms with Crippen molar-refractivity contribution in [2.24, 2.45) is 28.9 Å². The topological polar surface area (TPSA) is 127 Å². The lowest BCUT2D eigenvalue weighted by molar-refractivity contribution is -0.145. The average molecular weight is 616 g/mol. The number of nitrogens with two attached hydrogens (primary N) is 1. The lowest BCUT2D eigenvalue weighted by atomic mass is 9.47. The van der Waals surface area contributed by atoms with Crippen LogP contribution in [-0.4, -0.2) is 84.4 Å². The maximum atomic E-state index is 13.3. The van der Waals surface area contributed by atoms with E-state index in [0.717, 1.165) is 100 Å². The minimum atomic E-state index is -0.434. The van der Waals surface area contributed by atoms with E-state index in [-0.39, 0.29) is 35.3 Å². The molecular weight excluding hydrogens is 570 g/mol. The molecule has 4 aliphatic carbocycles. The van der Waals surface area contributed by atoms with Crippen molar-refractivity contribution in [3.8, 4) is 0 Å². The van der Waals surface area contributed by atoms with Crippen molar-refractivity contribution < 1.29 is 19.5 Å². The number of nitrogens with zero attached hydrogens (tertiary/aromatic N) is 5. The average Bonchev–Trinajstić information content (AvgIpc) is 3.49. The normalized spacial score (nSPS) is 32.9. The van der Waals surface area contributed by atoms with E-state index in [0.29, 0.717) is 25.0 Å². The molecule has 1 aromatic carbocycles. The second-order valence-electron chi connectivity index (χ2n) is 14.4. The van der Waals surface area contributed by atoms with Gasteiger partial charge < -0.3 is 30.8 Å². The number of benzene rings is 1. The summed E-state index contributed by atoms with van der Waals surface area (Å²) in [5, 5.41) is 14.8. The van der Waals surface area contributed by atoms with E-state index >= 15 is 0 Å². The Bertz CT molecular complexity index is 1410. The standard InChI is InChI=1S/C34H45N7O4/c35-32(43)34-17-22-15-23(18-34)31(24(16-22)19-34)37-33(44)45-41-14-13-40(28-3-1-2-4-29(28)41)30-6-5-26(20-36-30)38-10-7-25(8-11-38)39-12-9-27(42)21-39/h1-6,20,22-25,27,31,42H,7-19,21H2,(H2,35,43)(H,37,44)/t22?,23-,24+,27-,31?,34?/m1/s1. The Morgan fingerprint density at radius 1 is 0.933 bits per heavy atom. The summed E-state index contributed by atoms with van der Waals surface area (Å²) in [6, 6.07) is 12.8. The second-order valence-corrected chi connectivity index (χ2v) is 14.4. The summed E-state index contributed by atoms with van der Waals surface area (Å²) in [6.45, 7) is 4.94. The molecular formula is C34H45N7O4. The monoisotopic (exact) mass is 615 g/mol. The van der Waals surface area contributed by atoms with Crippen LogP contribution in [0.3, 0.4) is 0 Å². The number of carbonyl (C=O) groups excluding carboxylic acids is 2. The molecule has 4 heterocycles. The summed E-state index contributed by atoms with van der Waals surface area (Å²) in [7, 11) is 0. The third-order valence-electron chi connectivity index (χ3n) is 11.8. The van der Waals surface area contributed by atoms with Crippen molar-refractivity contribution >= 4 is 34.9 Å². The molecule has 6 atom stereocenters. The molecule has 11 heteroatoms. The number of anilines is 4. The van der Waals surface area contributed by atoms with E-state index in [2.05, 4.69) is 32.1 Å². The molecule has 240 valence electrons. The number of aliphatic hydroxyl groups is 1. The number of β-amino-alcohol motifs (C(OH)–C–C–N with tert-alkyl or cyclic N) is 1. The summed E-state index contributed by atoms with van der Waals surface area (Å²) in [5.74, 6) is 1.80. The van der Waals surface area contributed by atoms with E-state index in [1.807, 2.05) is 30.5 Å². The number of likely N-dealkylation sites (tertiary alicyclic amines) is 1. The summed E-state index contributed by atoms with van der Waals surface area (Å²) in [5.41, 5.74) is 8.39. The molecule has 9 rings (SSSR count). The van der Waals surface area contributed by atoms with Crippen LogP contribution in [0, 0.1) is 23.2 Å². The number of primary amides is 1. The molecule has 11 nitrogen and oxygen atoms in total. The van der Waals surface area contributed by atoms with Crippen molar-refractivity contribution in [2.45, 2.75) is 69.6 Å². The van der Waals surface area contributed by atoms with Gasteiger partial charge in [-0.2, -0.15) is 0 Å². The Labute approximate surface area is 264 Å². The number of hydrogen-bond donors (Lipinski definition) is 3. The Kier molecular flexibility index (Phi) is 7.28. The van der Waals surface area contributed by atoms with Crippen LogP contribution in [0.2, 0.25) is 0 Å². The van der Waals surface area contributed by atoms with Crippen molar-refractivity contribution in [2.75, 3.05) is 54.1 Å². The number of fused-ring (bicyclic) bond motifs is 1. The van der Waals surface area contributed by atoms with Gasteiger partial charge in [0.1, 0.15) is 5.82 Å². The zero-order valence-electron chi connectivity index (χ0n) is 25.9. The van der Waals surface area contributed by atoms with Crippen molar-refractivity contribution in [3.05, 3.63) is 42.6 Å². The van der Waals surface area contributed by atoms with Gasteiger partial charge in [-0.25, -0.2) is 14.8 Å². The van der Waals surface area contributed by atoms with Gasteiger partial charge in [0.05, 0.1) is 35.9 Å². The number of pyridine rings is 1. The van der Waals surface area contributed by atoms with Crippen molar-refractivity contribution in [3.63, 3.8) is 0 Å². The first kappa shape index (κ1) is 28.9. The molecule has 4 saturated carbocycles. The van der Waals surface area contributed by atoms with Gasteiger partial charge in [0.15, 0.2) is 0 Å². The lowest BCUT2D eigenvalue weighted by Crippen LogP contribution is -2.62. The maximum Gasteiger partial charge on any atom is 0.431 e. The fourth-order valence-corrected chi connectivity index (χ4v) is 9.81. The molecule has 0 spiro atoms. The quantitative estimate of drug-likeness (QED) is 0.448. The number of hydroxylamine groups is 1. The predicted octanol–water partition coefficient (Wildman–Crippen LogP) is 3.40. The number of amides is 2. The van der Waals surface area contributed by atoms with Crippen LogP contribution >= 0.6 is 0 Å². The largest absolute Gasteiger partial charge is 0.431 e. The fraction of sp³-hybridized carbons (Fsp3) is 0.618. The van der Waals surface area contributed by atoms with Crippen LogP contribution in [-0.2, 0) is 9.63 Å². The molecule has 3 aliphatic heterocycles. The molecule has 2 aromatic rings. The van der Waals surface area contributed by atoms with Crippen LogP contribution in [0.25, 0.3) is 0 Å². The van der Waals surface area contributed by atoms with Gasteiger partial charge >= 0.3 is 6.09 Å². The second kappa shape index (κ2) is 11.3. The Hall–Kier alpha value is -3.57. The maximum absolute atomic E-state index is 13.3. The van der Waals surface area contributed by atoms with Gasteiger partial charge in [-0.3, -0.25) is 9.69 Å². The first-order valence-electron chi connectivity index (χ1n) is 16.9. The third kappa shape index (κ3) is 5.27. The lowest BCUT2D eigenvalue weighted by Gasteiger charge is -2.58. The number of piperidine rings is 1. The van der Waals surface area contributed by atoms with Crippen LogP contribution < -0.4 is 25.9 Å². The Morgan fingerprint density at radius 3 is 2.36 bits per heavy atom. The van der Waals surface area contributed by atoms with Crippen LogP contribution in [0.1, 0.15) is 51.4 Å². The minimum Gasteiger partial charge on any atom is -0.392 e. The SMILES string of the molecule is NC(=O)C12CC3C[C@H](C1)C(NC(=O)ON1CCN(c4ccc(N5CCC(N6CC[C@@H](O)C6)CC5)cn4)c4ccccc41)[C@@H](C3)C2. The Morgan fingerprint density at radius 2 is 1.69 bits per heavy atom. The number of hydrogen-bond acceptors (Lipinski definition) is 9. The summed E-state index contributed by atoms with van der Waals surface area (Å²) in [4.78, 5) is 43.5. The first-order valence-corrected chi connectivity index (χ1v) is 16.9. The van der Waals surface area contributed by atoms with E-state index < -0.39 is 6.09 Å². The number of para-hydroxylation sites is 2. The van der Waals surface area contributed by atoms with Gasteiger partial charge in [-0.05, 0) is 93.4 Å². The molecule has 4 bridgehead atoms. The summed E-state index contributed by atoms with van der Waals surface area (Å²) < 4.78 is 0. The number of rotatable bonds is 6. The molecule has 1 aromatic heterocycles. The molecule has 2 saturated heterocycles. The van der Waals surface area contributed by atoms with Crippen LogP contribution in [0.15, 0.2) is 42.6 Å². The minimum absolute atomic E-state index is 0.0275. The number of carbonyl (C=O) groups is 2. The molecule has 45 heavy (non-hydrogen) atoms. The van der Waals surface area contributed by atoms with E-state index in [1.165, 1.54) is 0 Å². The molecule has 6 fully saturated rings. The Balaban J connectivity index is 0.901. The highest BCUT2D eigenvalue weighted by Gasteiger charge is 2.58. The van der Waals surface area contributed by atoms with Crippen molar-refractivity contribution in [1.29, 1.82) is 0 Å². The summed E-state index contributed by atoms with van der Waals surface area (Å²) >= 11 is 0. The van der Waals surface area contributed by atoms with E-state index in [9.17, 15) is 14.7 Å². The number of aromatic nitrogens is 1. The number of nitrogens with one attached hydrogen (secondary N) is 1. The van der Waals surface area contributed by atoms with Gasteiger partial charge in [0.25, 0.3) is 0 Å². The van der Waals surface area contributed by atoms with E-state index in [4.69, 9.17) is 15.6 Å². The highest BCUT2D eigenvalue weighted by atomic mass is 16.7. The first-order chi connectivity index (χ1) is 21.8. The van der Waals surface area contributed by atoms with Gasteiger partial charge in [-0.15, -0.1) is 0 Å². The number of aliphatic hydroxyl groups excluding tert-OH is 1. The molecule has 2 amide bonds. The smallest absolute Gasteiger partial charge is 0.392 e. The third-order valence-corrected chi connectivity index (χ3v) is 11.8. The summed E-state index contributed by atoms with van der Waals surface area (Å²) in [6.07, 6.45) is 9.03. The fourth-order valence-electron chi connectivity index (χ4n) is 9.81. The van der Waals surface area contributed by atoms with Crippen molar-refractivity contribution in [1.82, 2.24) is 15.2 Å². The van der Waals surface area contributed by atoms with Gasteiger partial charge in [0, 0.05) is 50.2 Å². The van der Waals surface area contributed by atoms with Gasteiger partial charge in [-0.1, -0.05) is 12.1 Å². The molecule has 3 unspecified atom stereocenters. The molecule has 7 aliphatic rings. The molecule has 0 radical (unpaired) electrons. The highest BCUT2D eigenvalue weighted by molar-refractivity contribution is 5.82. The zero-order chi connectivity index (χ0) is 30.7. The predicted molar refractivity (Wildman–Crippen MR) is 171 cm³/mol. The molecule has 4 N–H and O–H groups in total. The van der Waals surface area contributed by atoms with E-state index in [1.54, 1.807) is 5.06 Å². The van der Waals surface area contributed by atoms with Crippen LogP contribution in [0.5, 0.6) is 0 Å². The van der Waals surface area contributed by atoms with Gasteiger partial charge in [0.2, 0.25) is 5.91 Å². The zero-order valence-corrected chi connectivity index (χ0v) is 25.9.